The quantitative estimate of drug-likeness (QED) is 0.368. The van der Waals surface area contributed by atoms with E-state index in [0.29, 0.717) is 18.7 Å². The van der Waals surface area contributed by atoms with Gasteiger partial charge >= 0.3 is 5.97 Å². The van der Waals surface area contributed by atoms with Crippen molar-refractivity contribution in [2.24, 2.45) is 0 Å². The summed E-state index contributed by atoms with van der Waals surface area (Å²) in [6, 6.07) is 8.88. The Kier molecular flexibility index (Phi) is 8.06. The van der Waals surface area contributed by atoms with Crippen LogP contribution in [0.4, 0.5) is 0 Å². The molecule has 0 unspecified atom stereocenters. The molecule has 0 aliphatic heterocycles. The smallest absolute Gasteiger partial charge is 0.311 e. The Labute approximate surface area is 167 Å². The lowest BCUT2D eigenvalue weighted by molar-refractivity contribution is -0.139. The number of nitrogens with one attached hydrogen (secondary N) is 2. The summed E-state index contributed by atoms with van der Waals surface area (Å²) in [5, 5.41) is 2.68. The molecule has 1 heterocycles. The Morgan fingerprint density at radius 2 is 1.96 bits per heavy atom. The molecule has 1 atom stereocenters. The highest BCUT2D eigenvalue weighted by Crippen LogP contribution is 2.18. The van der Waals surface area contributed by atoms with Crippen molar-refractivity contribution in [1.82, 2.24) is 15.3 Å². The van der Waals surface area contributed by atoms with Gasteiger partial charge in [0.25, 0.3) is 5.56 Å². The maximum atomic E-state index is 12.3. The lowest BCUT2D eigenvalue weighted by Crippen LogP contribution is -2.32. The van der Waals surface area contributed by atoms with Gasteiger partial charge < -0.3 is 19.8 Å². The van der Waals surface area contributed by atoms with Gasteiger partial charge in [-0.1, -0.05) is 23.9 Å². The summed E-state index contributed by atoms with van der Waals surface area (Å²) in [5.41, 5.74) is 0.997. The van der Waals surface area contributed by atoms with Gasteiger partial charge in [0, 0.05) is 12.6 Å². The van der Waals surface area contributed by atoms with E-state index in [1.165, 1.54) is 13.2 Å². The number of carbonyl (C=O) groups is 2. The fraction of sp³-hybridized carbons (Fsp3) is 0.368. The highest BCUT2D eigenvalue weighted by molar-refractivity contribution is 8.00. The molecule has 9 heteroatoms. The number of aromatic nitrogens is 2. The SMILES string of the molecule is COC(=O)Cc1cc(=O)[nH]c(S[C@@H](C)C(=O)NCCc2ccc(OC)cc2)n1. The molecule has 0 spiro atoms. The molecule has 0 saturated carbocycles. The third-order valence-corrected chi connectivity index (χ3v) is 4.84. The standard InChI is InChI=1S/C19H23N3O5S/c1-12(18(25)20-9-8-13-4-6-15(26-2)7-5-13)28-19-21-14(10-16(23)22-19)11-17(24)27-3/h4-7,10,12H,8-9,11H2,1-3H3,(H,20,25)(H,21,22,23)/t12-/m0/s1. The summed E-state index contributed by atoms with van der Waals surface area (Å²) in [4.78, 5) is 42.1. The molecule has 8 nitrogen and oxygen atoms in total. The van der Waals surface area contributed by atoms with Crippen LogP contribution in [0.15, 0.2) is 40.3 Å². The molecule has 0 saturated heterocycles. The first-order chi connectivity index (χ1) is 13.4. The van der Waals surface area contributed by atoms with Crippen LogP contribution in [0.5, 0.6) is 5.75 Å². The number of hydrogen-bond donors (Lipinski definition) is 2. The second-order valence-electron chi connectivity index (χ2n) is 5.94. The van der Waals surface area contributed by atoms with Crippen molar-refractivity contribution < 1.29 is 19.1 Å². The predicted molar refractivity (Wildman–Crippen MR) is 106 cm³/mol. The maximum absolute atomic E-state index is 12.3. The van der Waals surface area contributed by atoms with Crippen LogP contribution >= 0.6 is 11.8 Å². The minimum Gasteiger partial charge on any atom is -0.497 e. The topological polar surface area (TPSA) is 110 Å². The van der Waals surface area contributed by atoms with E-state index in [1.807, 2.05) is 24.3 Å². The van der Waals surface area contributed by atoms with Crippen molar-refractivity contribution in [3.63, 3.8) is 0 Å². The predicted octanol–water partition coefficient (Wildman–Crippen LogP) is 1.33. The van der Waals surface area contributed by atoms with Gasteiger partial charge in [-0.15, -0.1) is 0 Å². The van der Waals surface area contributed by atoms with Gasteiger partial charge in [-0.3, -0.25) is 14.4 Å². The van der Waals surface area contributed by atoms with E-state index in [0.717, 1.165) is 23.1 Å². The van der Waals surface area contributed by atoms with Crippen LogP contribution in [-0.4, -0.2) is 47.9 Å². The zero-order valence-electron chi connectivity index (χ0n) is 16.0. The van der Waals surface area contributed by atoms with Gasteiger partial charge in [-0.2, -0.15) is 0 Å². The molecule has 1 aromatic heterocycles. The number of esters is 1. The second-order valence-corrected chi connectivity index (χ2v) is 7.27. The first-order valence-corrected chi connectivity index (χ1v) is 9.53. The molecule has 1 amide bonds. The monoisotopic (exact) mass is 405 g/mol. The van der Waals surface area contributed by atoms with Crippen LogP contribution in [0.3, 0.4) is 0 Å². The molecular formula is C19H23N3O5S. The summed E-state index contributed by atoms with van der Waals surface area (Å²) in [6.45, 7) is 2.21. The van der Waals surface area contributed by atoms with E-state index >= 15 is 0 Å². The van der Waals surface area contributed by atoms with Gasteiger partial charge in [0.15, 0.2) is 5.16 Å². The van der Waals surface area contributed by atoms with Crippen molar-refractivity contribution in [3.05, 3.63) is 51.9 Å². The van der Waals surface area contributed by atoms with Gasteiger partial charge in [0.1, 0.15) is 5.75 Å². The molecular weight excluding hydrogens is 382 g/mol. The molecule has 2 rings (SSSR count). The summed E-state index contributed by atoms with van der Waals surface area (Å²) in [6.07, 6.45) is 0.591. The van der Waals surface area contributed by atoms with Crippen molar-refractivity contribution in [2.75, 3.05) is 20.8 Å². The molecule has 0 aliphatic rings. The number of hydrogen-bond acceptors (Lipinski definition) is 7. The number of carbonyl (C=O) groups excluding carboxylic acids is 2. The summed E-state index contributed by atoms with van der Waals surface area (Å²) >= 11 is 1.12. The van der Waals surface area contributed by atoms with E-state index in [9.17, 15) is 14.4 Å². The van der Waals surface area contributed by atoms with Gasteiger partial charge in [0.05, 0.1) is 31.6 Å². The lowest BCUT2D eigenvalue weighted by Gasteiger charge is -2.12. The van der Waals surface area contributed by atoms with Crippen LogP contribution in [-0.2, 0) is 27.2 Å². The number of methoxy groups -OCH3 is 2. The van der Waals surface area contributed by atoms with Crippen LogP contribution in [0.1, 0.15) is 18.2 Å². The zero-order valence-corrected chi connectivity index (χ0v) is 16.8. The van der Waals surface area contributed by atoms with E-state index in [2.05, 4.69) is 20.0 Å². The molecule has 0 radical (unpaired) electrons. The van der Waals surface area contributed by atoms with Gasteiger partial charge in [-0.25, -0.2) is 4.98 Å². The van der Waals surface area contributed by atoms with E-state index in [1.54, 1.807) is 14.0 Å². The van der Waals surface area contributed by atoms with Crippen molar-refractivity contribution >= 4 is 23.6 Å². The first kappa shape index (κ1) is 21.5. The average Bonchev–Trinajstić information content (AvgIpc) is 2.67. The second kappa shape index (κ2) is 10.5. The highest BCUT2D eigenvalue weighted by Gasteiger charge is 2.16. The lowest BCUT2D eigenvalue weighted by atomic mass is 10.1. The fourth-order valence-corrected chi connectivity index (χ4v) is 3.19. The van der Waals surface area contributed by atoms with Crippen LogP contribution in [0, 0.1) is 0 Å². The molecule has 150 valence electrons. The van der Waals surface area contributed by atoms with Crippen LogP contribution < -0.4 is 15.6 Å². The minimum absolute atomic E-state index is 0.101. The van der Waals surface area contributed by atoms with Gasteiger partial charge in [-0.05, 0) is 31.0 Å². The minimum atomic E-state index is -0.488. The number of nitrogens with zero attached hydrogens (tertiary/aromatic N) is 1. The number of amides is 1. The van der Waals surface area contributed by atoms with Crippen molar-refractivity contribution in [3.8, 4) is 5.75 Å². The number of benzene rings is 1. The van der Waals surface area contributed by atoms with Crippen LogP contribution in [0.25, 0.3) is 0 Å². The summed E-state index contributed by atoms with van der Waals surface area (Å²) in [5.74, 6) is 0.131. The normalized spacial score (nSPS) is 11.5. The van der Waals surface area contributed by atoms with E-state index < -0.39 is 11.2 Å². The average molecular weight is 405 g/mol. The number of thioether (sulfide) groups is 1. The molecule has 0 bridgehead atoms. The maximum Gasteiger partial charge on any atom is 0.311 e. The third kappa shape index (κ3) is 6.73. The highest BCUT2D eigenvalue weighted by atomic mass is 32.2. The van der Waals surface area contributed by atoms with E-state index in [4.69, 9.17) is 4.74 Å². The molecule has 1 aromatic carbocycles. The fourth-order valence-electron chi connectivity index (χ4n) is 2.34. The Hall–Kier alpha value is -2.81. The molecule has 2 N–H and O–H groups in total. The Morgan fingerprint density at radius 1 is 1.25 bits per heavy atom. The van der Waals surface area contributed by atoms with Crippen molar-refractivity contribution in [2.45, 2.75) is 30.2 Å². The van der Waals surface area contributed by atoms with Crippen LogP contribution in [0.2, 0.25) is 0 Å². The van der Waals surface area contributed by atoms with E-state index in [-0.39, 0.29) is 23.0 Å². The number of rotatable bonds is 9. The van der Waals surface area contributed by atoms with Gasteiger partial charge in [0.2, 0.25) is 5.91 Å². The summed E-state index contributed by atoms with van der Waals surface area (Å²) < 4.78 is 9.69. The first-order valence-electron chi connectivity index (χ1n) is 8.65. The summed E-state index contributed by atoms with van der Waals surface area (Å²) in [7, 11) is 2.88. The number of H-pyrrole nitrogens is 1. The van der Waals surface area contributed by atoms with Crippen molar-refractivity contribution in [1.29, 1.82) is 0 Å². The molecule has 0 aliphatic carbocycles. The third-order valence-electron chi connectivity index (χ3n) is 3.86. The molecule has 2 aromatic rings. The Balaban J connectivity index is 1.87. The largest absolute Gasteiger partial charge is 0.497 e. The molecule has 28 heavy (non-hydrogen) atoms. The Morgan fingerprint density at radius 3 is 2.61 bits per heavy atom. The molecule has 0 fully saturated rings. The zero-order chi connectivity index (χ0) is 20.5. The number of aromatic amines is 1. The Bertz CT molecular complexity index is 867. The number of ether oxygens (including phenoxy) is 2.